The second-order valence-corrected chi connectivity index (χ2v) is 6.96. The van der Waals surface area contributed by atoms with Gasteiger partial charge in [-0.1, -0.05) is 84.8 Å². The molecule has 29 heavy (non-hydrogen) atoms. The Morgan fingerprint density at radius 2 is 1.55 bits per heavy atom. The number of carbonyl (C=O) groups is 1. The van der Waals surface area contributed by atoms with Crippen LogP contribution in [0, 0.1) is 5.92 Å². The van der Waals surface area contributed by atoms with Gasteiger partial charge in [-0.25, -0.2) is 0 Å². The lowest BCUT2D eigenvalue weighted by molar-refractivity contribution is 0.0904. The van der Waals surface area contributed by atoms with Crippen molar-refractivity contribution in [3.05, 3.63) is 78.3 Å². The van der Waals surface area contributed by atoms with E-state index in [4.69, 9.17) is 9.05 Å². The third-order valence-corrected chi connectivity index (χ3v) is 4.49. The summed E-state index contributed by atoms with van der Waals surface area (Å²) in [4.78, 5) is 17.2. The van der Waals surface area contributed by atoms with Gasteiger partial charge in [-0.2, -0.15) is 4.98 Å². The molecule has 0 saturated heterocycles. The molecule has 0 bridgehead atoms. The molecule has 4 aromatic rings. The molecule has 4 rings (SSSR count). The SMILES string of the molecule is CC(C)[C@@H](NC(=O)c1cc(-c2ccccc2)on1)c1nc(-c2ccccc2)no1. The predicted molar refractivity (Wildman–Crippen MR) is 107 cm³/mol. The number of nitrogens with zero attached hydrogens (tertiary/aromatic N) is 3. The van der Waals surface area contributed by atoms with Crippen LogP contribution in [0.3, 0.4) is 0 Å². The highest BCUT2D eigenvalue weighted by Gasteiger charge is 2.26. The Morgan fingerprint density at radius 1 is 0.897 bits per heavy atom. The molecule has 2 aromatic heterocycles. The van der Waals surface area contributed by atoms with Gasteiger partial charge in [0.05, 0.1) is 0 Å². The van der Waals surface area contributed by atoms with Crippen LogP contribution in [-0.4, -0.2) is 21.2 Å². The number of amides is 1. The molecule has 146 valence electrons. The Hall–Kier alpha value is -3.74. The Balaban J connectivity index is 1.53. The van der Waals surface area contributed by atoms with E-state index in [1.54, 1.807) is 6.07 Å². The fourth-order valence-electron chi connectivity index (χ4n) is 2.92. The number of rotatable bonds is 6. The van der Waals surface area contributed by atoms with E-state index in [1.807, 2.05) is 74.5 Å². The summed E-state index contributed by atoms with van der Waals surface area (Å²) >= 11 is 0. The maximum Gasteiger partial charge on any atom is 0.274 e. The highest BCUT2D eigenvalue weighted by Crippen LogP contribution is 2.25. The summed E-state index contributed by atoms with van der Waals surface area (Å²) in [5.41, 5.74) is 1.89. The lowest BCUT2D eigenvalue weighted by atomic mass is 10.0. The molecule has 2 aromatic carbocycles. The molecule has 0 fully saturated rings. The van der Waals surface area contributed by atoms with Crippen molar-refractivity contribution >= 4 is 5.91 Å². The van der Waals surface area contributed by atoms with Gasteiger partial charge in [0, 0.05) is 17.2 Å². The van der Waals surface area contributed by atoms with Gasteiger partial charge in [0.2, 0.25) is 11.7 Å². The minimum absolute atomic E-state index is 0.0310. The van der Waals surface area contributed by atoms with Crippen LogP contribution in [-0.2, 0) is 0 Å². The summed E-state index contributed by atoms with van der Waals surface area (Å²) in [5, 5.41) is 10.9. The Kier molecular flexibility index (Phi) is 5.20. The summed E-state index contributed by atoms with van der Waals surface area (Å²) in [5.74, 6) is 1.02. The van der Waals surface area contributed by atoms with Crippen LogP contribution in [0.1, 0.15) is 36.3 Å². The quantitative estimate of drug-likeness (QED) is 0.522. The van der Waals surface area contributed by atoms with Crippen LogP contribution in [0.15, 0.2) is 75.8 Å². The van der Waals surface area contributed by atoms with Crippen molar-refractivity contribution in [3.8, 4) is 22.7 Å². The average Bonchev–Trinajstić information content (AvgIpc) is 3.43. The fourth-order valence-corrected chi connectivity index (χ4v) is 2.92. The minimum Gasteiger partial charge on any atom is -0.355 e. The van der Waals surface area contributed by atoms with Crippen LogP contribution >= 0.6 is 0 Å². The molecule has 1 amide bonds. The third-order valence-electron chi connectivity index (χ3n) is 4.49. The van der Waals surface area contributed by atoms with Crippen molar-refractivity contribution in [1.82, 2.24) is 20.6 Å². The summed E-state index contributed by atoms with van der Waals surface area (Å²) in [6.45, 7) is 3.94. The van der Waals surface area contributed by atoms with Crippen molar-refractivity contribution in [1.29, 1.82) is 0 Å². The van der Waals surface area contributed by atoms with Crippen LogP contribution < -0.4 is 5.32 Å². The molecule has 0 radical (unpaired) electrons. The molecular weight excluding hydrogens is 368 g/mol. The molecule has 0 unspecified atom stereocenters. The first kappa shape index (κ1) is 18.6. The van der Waals surface area contributed by atoms with E-state index >= 15 is 0 Å². The number of aromatic nitrogens is 3. The zero-order chi connectivity index (χ0) is 20.2. The predicted octanol–water partition coefficient (Wildman–Crippen LogP) is 4.52. The van der Waals surface area contributed by atoms with Crippen molar-refractivity contribution < 1.29 is 13.8 Å². The second kappa shape index (κ2) is 8.10. The first-order chi connectivity index (χ1) is 14.1. The number of benzene rings is 2. The molecule has 7 heteroatoms. The number of carbonyl (C=O) groups excluding carboxylic acids is 1. The zero-order valence-electron chi connectivity index (χ0n) is 16.1. The molecule has 0 aliphatic carbocycles. The Morgan fingerprint density at radius 3 is 2.21 bits per heavy atom. The minimum atomic E-state index is -0.454. The average molecular weight is 388 g/mol. The van der Waals surface area contributed by atoms with E-state index in [-0.39, 0.29) is 17.5 Å². The molecule has 0 saturated carbocycles. The Bertz CT molecular complexity index is 1090. The van der Waals surface area contributed by atoms with Gasteiger partial charge in [0.25, 0.3) is 5.91 Å². The van der Waals surface area contributed by atoms with Crippen molar-refractivity contribution in [2.75, 3.05) is 0 Å². The zero-order valence-corrected chi connectivity index (χ0v) is 16.1. The fraction of sp³-hybridized carbons (Fsp3) is 0.182. The number of hydrogen-bond acceptors (Lipinski definition) is 6. The molecule has 0 aliphatic heterocycles. The maximum absolute atomic E-state index is 12.7. The standard InChI is InChI=1S/C22H20N4O3/c1-14(2)19(22-24-20(26-29-22)16-11-7-4-8-12-16)23-21(27)17-13-18(28-25-17)15-9-5-3-6-10-15/h3-14,19H,1-2H3,(H,23,27)/t19-/m1/s1. The molecule has 1 atom stereocenters. The molecule has 0 aliphatic rings. The lowest BCUT2D eigenvalue weighted by Crippen LogP contribution is -2.32. The van der Waals surface area contributed by atoms with E-state index in [1.165, 1.54) is 0 Å². The summed E-state index contributed by atoms with van der Waals surface area (Å²) < 4.78 is 10.8. The Labute approximate surface area is 167 Å². The lowest BCUT2D eigenvalue weighted by Gasteiger charge is -2.17. The number of hydrogen-bond donors (Lipinski definition) is 1. The van der Waals surface area contributed by atoms with Gasteiger partial charge >= 0.3 is 0 Å². The van der Waals surface area contributed by atoms with E-state index in [0.717, 1.165) is 11.1 Å². The van der Waals surface area contributed by atoms with Gasteiger partial charge in [-0.15, -0.1) is 0 Å². The van der Waals surface area contributed by atoms with Crippen molar-refractivity contribution in [2.45, 2.75) is 19.9 Å². The van der Waals surface area contributed by atoms with Crippen LogP contribution in [0.25, 0.3) is 22.7 Å². The first-order valence-electron chi connectivity index (χ1n) is 9.34. The molecule has 2 heterocycles. The largest absolute Gasteiger partial charge is 0.355 e. The first-order valence-corrected chi connectivity index (χ1v) is 9.34. The van der Waals surface area contributed by atoms with E-state index in [0.29, 0.717) is 17.5 Å². The maximum atomic E-state index is 12.7. The summed E-state index contributed by atoms with van der Waals surface area (Å²) in [6, 6.07) is 20.2. The van der Waals surface area contributed by atoms with Gasteiger partial charge < -0.3 is 14.4 Å². The third kappa shape index (κ3) is 4.08. The smallest absolute Gasteiger partial charge is 0.274 e. The normalized spacial score (nSPS) is 12.1. The highest BCUT2D eigenvalue weighted by molar-refractivity contribution is 5.93. The summed E-state index contributed by atoms with van der Waals surface area (Å²) in [6.07, 6.45) is 0. The number of nitrogens with one attached hydrogen (secondary N) is 1. The monoisotopic (exact) mass is 388 g/mol. The van der Waals surface area contributed by atoms with Crippen LogP contribution in [0.2, 0.25) is 0 Å². The molecule has 1 N–H and O–H groups in total. The van der Waals surface area contributed by atoms with Gasteiger partial charge in [0.1, 0.15) is 6.04 Å². The second-order valence-electron chi connectivity index (χ2n) is 6.96. The van der Waals surface area contributed by atoms with Crippen molar-refractivity contribution in [3.63, 3.8) is 0 Å². The van der Waals surface area contributed by atoms with E-state index in [2.05, 4.69) is 20.6 Å². The topological polar surface area (TPSA) is 94.1 Å². The molecular formula is C22H20N4O3. The molecule has 7 nitrogen and oxygen atoms in total. The van der Waals surface area contributed by atoms with E-state index in [9.17, 15) is 4.79 Å². The summed E-state index contributed by atoms with van der Waals surface area (Å²) in [7, 11) is 0. The van der Waals surface area contributed by atoms with Crippen molar-refractivity contribution in [2.24, 2.45) is 5.92 Å². The van der Waals surface area contributed by atoms with Crippen LogP contribution in [0.5, 0.6) is 0 Å². The van der Waals surface area contributed by atoms with Gasteiger partial charge in [-0.05, 0) is 5.92 Å². The van der Waals surface area contributed by atoms with Gasteiger partial charge in [-0.3, -0.25) is 4.79 Å². The van der Waals surface area contributed by atoms with Gasteiger partial charge in [0.15, 0.2) is 11.5 Å². The highest BCUT2D eigenvalue weighted by atomic mass is 16.5. The van der Waals surface area contributed by atoms with Crippen LogP contribution in [0.4, 0.5) is 0 Å². The van der Waals surface area contributed by atoms with E-state index < -0.39 is 6.04 Å². The molecule has 0 spiro atoms.